The highest BCUT2D eigenvalue weighted by molar-refractivity contribution is 5.86. The van der Waals surface area contributed by atoms with Crippen molar-refractivity contribution in [2.75, 3.05) is 38.2 Å². The SMILES string of the molecule is COc1ccc(N2CCN(C(=O)CC(c3cccc(C)c3)c3cn(C)c4ccccc34)CC2)cc1. The van der Waals surface area contributed by atoms with Gasteiger partial charge in [0.15, 0.2) is 0 Å². The van der Waals surface area contributed by atoms with Gasteiger partial charge in [-0.25, -0.2) is 0 Å². The second-order valence-electron chi connectivity index (χ2n) is 9.45. The second kappa shape index (κ2) is 9.87. The summed E-state index contributed by atoms with van der Waals surface area (Å²) in [6.07, 6.45) is 2.67. The Hall–Kier alpha value is -3.73. The fourth-order valence-corrected chi connectivity index (χ4v) is 5.26. The predicted molar refractivity (Wildman–Crippen MR) is 142 cm³/mol. The highest BCUT2D eigenvalue weighted by atomic mass is 16.5. The maximum atomic E-state index is 13.6. The smallest absolute Gasteiger partial charge is 0.223 e. The van der Waals surface area contributed by atoms with E-state index in [1.54, 1.807) is 7.11 Å². The van der Waals surface area contributed by atoms with Gasteiger partial charge in [-0.15, -0.1) is 0 Å². The molecule has 4 aromatic rings. The Morgan fingerprint density at radius 3 is 2.40 bits per heavy atom. The van der Waals surface area contributed by atoms with E-state index in [0.29, 0.717) is 6.42 Å². The topological polar surface area (TPSA) is 37.7 Å². The van der Waals surface area contributed by atoms with Gasteiger partial charge in [0.1, 0.15) is 5.75 Å². The van der Waals surface area contributed by atoms with E-state index in [-0.39, 0.29) is 11.8 Å². The van der Waals surface area contributed by atoms with Gasteiger partial charge in [-0.05, 0) is 48.4 Å². The van der Waals surface area contributed by atoms with Gasteiger partial charge in [0, 0.05) is 68.4 Å². The third-order valence-electron chi connectivity index (χ3n) is 7.20. The zero-order valence-corrected chi connectivity index (χ0v) is 20.8. The van der Waals surface area contributed by atoms with Crippen LogP contribution >= 0.6 is 0 Å². The molecule has 1 saturated heterocycles. The molecule has 1 aromatic heterocycles. The zero-order valence-electron chi connectivity index (χ0n) is 20.8. The molecular formula is C30H33N3O2. The summed E-state index contributed by atoms with van der Waals surface area (Å²) in [4.78, 5) is 18.0. The number of hydrogen-bond donors (Lipinski definition) is 0. The summed E-state index contributed by atoms with van der Waals surface area (Å²) in [6.45, 7) is 5.26. The molecule has 1 aliphatic heterocycles. The van der Waals surface area contributed by atoms with Crippen LogP contribution in [-0.2, 0) is 11.8 Å². The molecule has 2 heterocycles. The number of nitrogens with zero attached hydrogens (tertiary/aromatic N) is 3. The van der Waals surface area contributed by atoms with E-state index in [0.717, 1.165) is 31.9 Å². The molecule has 1 amide bonds. The second-order valence-corrected chi connectivity index (χ2v) is 9.45. The van der Waals surface area contributed by atoms with Gasteiger partial charge >= 0.3 is 0 Å². The highest BCUT2D eigenvalue weighted by Crippen LogP contribution is 2.35. The molecule has 35 heavy (non-hydrogen) atoms. The van der Waals surface area contributed by atoms with Crippen molar-refractivity contribution in [1.82, 2.24) is 9.47 Å². The van der Waals surface area contributed by atoms with Gasteiger partial charge in [-0.3, -0.25) is 4.79 Å². The number of para-hydroxylation sites is 1. The Bertz CT molecular complexity index is 1320. The van der Waals surface area contributed by atoms with Crippen molar-refractivity contribution < 1.29 is 9.53 Å². The van der Waals surface area contributed by atoms with Crippen molar-refractivity contribution in [3.8, 4) is 5.75 Å². The number of carbonyl (C=O) groups excluding carboxylic acids is 1. The number of anilines is 1. The summed E-state index contributed by atoms with van der Waals surface area (Å²) in [7, 11) is 3.76. The Balaban J connectivity index is 1.35. The van der Waals surface area contributed by atoms with Gasteiger partial charge in [0.2, 0.25) is 5.91 Å². The number of amides is 1. The first-order valence-electron chi connectivity index (χ1n) is 12.3. The summed E-state index contributed by atoms with van der Waals surface area (Å²) in [5.41, 5.74) is 6.01. The molecule has 3 aromatic carbocycles. The molecule has 0 radical (unpaired) electrons. The average Bonchev–Trinajstić information content (AvgIpc) is 3.23. The number of ether oxygens (including phenoxy) is 1. The molecule has 0 spiro atoms. The largest absolute Gasteiger partial charge is 0.497 e. The first-order valence-corrected chi connectivity index (χ1v) is 12.3. The minimum atomic E-state index is 0.0214. The number of rotatable bonds is 6. The lowest BCUT2D eigenvalue weighted by atomic mass is 9.87. The van der Waals surface area contributed by atoms with Crippen molar-refractivity contribution in [2.45, 2.75) is 19.3 Å². The number of aryl methyl sites for hydroxylation is 2. The average molecular weight is 468 g/mol. The quantitative estimate of drug-likeness (QED) is 0.383. The first kappa shape index (κ1) is 23.0. The molecule has 1 fully saturated rings. The van der Waals surface area contributed by atoms with Crippen LogP contribution in [0.15, 0.2) is 79.0 Å². The lowest BCUT2D eigenvalue weighted by molar-refractivity contribution is -0.131. The van der Waals surface area contributed by atoms with E-state index in [4.69, 9.17) is 4.74 Å². The fourth-order valence-electron chi connectivity index (χ4n) is 5.26. The van der Waals surface area contributed by atoms with Crippen molar-refractivity contribution in [1.29, 1.82) is 0 Å². The van der Waals surface area contributed by atoms with Crippen molar-refractivity contribution >= 4 is 22.5 Å². The molecule has 5 nitrogen and oxygen atoms in total. The van der Waals surface area contributed by atoms with Gasteiger partial charge in [0.05, 0.1) is 7.11 Å². The van der Waals surface area contributed by atoms with E-state index in [2.05, 4.69) is 90.3 Å². The van der Waals surface area contributed by atoms with Gasteiger partial charge in [-0.2, -0.15) is 0 Å². The number of methoxy groups -OCH3 is 1. The monoisotopic (exact) mass is 467 g/mol. The summed E-state index contributed by atoms with van der Waals surface area (Å²) >= 11 is 0. The van der Waals surface area contributed by atoms with E-state index in [9.17, 15) is 4.79 Å². The van der Waals surface area contributed by atoms with Crippen LogP contribution in [-0.4, -0.2) is 48.7 Å². The van der Waals surface area contributed by atoms with E-state index in [1.807, 2.05) is 17.0 Å². The maximum absolute atomic E-state index is 13.6. The Morgan fingerprint density at radius 2 is 1.69 bits per heavy atom. The van der Waals surface area contributed by atoms with Gasteiger partial charge < -0.3 is 19.1 Å². The Labute approximate surface area is 207 Å². The minimum absolute atomic E-state index is 0.0214. The molecular weight excluding hydrogens is 434 g/mol. The third-order valence-corrected chi connectivity index (χ3v) is 7.20. The molecule has 0 bridgehead atoms. The highest BCUT2D eigenvalue weighted by Gasteiger charge is 2.27. The molecule has 5 heteroatoms. The molecule has 1 unspecified atom stereocenters. The zero-order chi connectivity index (χ0) is 24.4. The summed E-state index contributed by atoms with van der Waals surface area (Å²) in [6, 6.07) is 25.2. The summed E-state index contributed by atoms with van der Waals surface area (Å²) in [5, 5.41) is 1.22. The van der Waals surface area contributed by atoms with Crippen LogP contribution in [0.2, 0.25) is 0 Å². The van der Waals surface area contributed by atoms with Crippen molar-refractivity contribution in [3.05, 3.63) is 95.7 Å². The Kier molecular flexibility index (Phi) is 6.49. The number of fused-ring (bicyclic) bond motifs is 1. The number of piperazine rings is 1. The maximum Gasteiger partial charge on any atom is 0.223 e. The molecule has 1 aliphatic rings. The number of hydrogen-bond acceptors (Lipinski definition) is 3. The van der Waals surface area contributed by atoms with E-state index < -0.39 is 0 Å². The van der Waals surface area contributed by atoms with Crippen LogP contribution in [0.25, 0.3) is 10.9 Å². The third kappa shape index (κ3) is 4.76. The predicted octanol–water partition coefficient (Wildman–Crippen LogP) is 5.37. The number of benzene rings is 3. The lowest BCUT2D eigenvalue weighted by Crippen LogP contribution is -2.49. The van der Waals surface area contributed by atoms with Crippen molar-refractivity contribution in [3.63, 3.8) is 0 Å². The number of carbonyl (C=O) groups is 1. The van der Waals surface area contributed by atoms with Crippen LogP contribution in [0.4, 0.5) is 5.69 Å². The molecule has 0 saturated carbocycles. The fraction of sp³-hybridized carbons (Fsp3) is 0.300. The molecule has 5 rings (SSSR count). The normalized spacial score (nSPS) is 14.8. The molecule has 0 aliphatic carbocycles. The first-order chi connectivity index (χ1) is 17.0. The lowest BCUT2D eigenvalue weighted by Gasteiger charge is -2.36. The van der Waals surface area contributed by atoms with E-state index >= 15 is 0 Å². The van der Waals surface area contributed by atoms with Crippen molar-refractivity contribution in [2.24, 2.45) is 7.05 Å². The van der Waals surface area contributed by atoms with Crippen LogP contribution in [0.1, 0.15) is 29.0 Å². The van der Waals surface area contributed by atoms with Crippen LogP contribution in [0.5, 0.6) is 5.75 Å². The van der Waals surface area contributed by atoms with Crippen LogP contribution in [0, 0.1) is 6.92 Å². The standard InChI is InChI=1S/C30H33N3O2/c1-22-7-6-8-23(19-22)27(28-21-31(2)29-10-5-4-9-26(28)29)20-30(34)33-17-15-32(16-18-33)24-11-13-25(35-3)14-12-24/h4-14,19,21,27H,15-18,20H2,1-3H3. The van der Waals surface area contributed by atoms with Gasteiger partial charge in [0.25, 0.3) is 0 Å². The van der Waals surface area contributed by atoms with Gasteiger partial charge in [-0.1, -0.05) is 48.0 Å². The molecule has 0 N–H and O–H groups in total. The van der Waals surface area contributed by atoms with E-state index in [1.165, 1.54) is 33.3 Å². The number of aromatic nitrogens is 1. The summed E-state index contributed by atoms with van der Waals surface area (Å²) < 4.78 is 7.45. The minimum Gasteiger partial charge on any atom is -0.497 e. The van der Waals surface area contributed by atoms with Crippen LogP contribution in [0.3, 0.4) is 0 Å². The van der Waals surface area contributed by atoms with Crippen LogP contribution < -0.4 is 9.64 Å². The Morgan fingerprint density at radius 1 is 0.943 bits per heavy atom. The summed E-state index contributed by atoms with van der Waals surface area (Å²) in [5.74, 6) is 1.10. The molecule has 1 atom stereocenters. The molecule has 180 valence electrons.